The molecule has 158 valence electrons. The highest BCUT2D eigenvalue weighted by molar-refractivity contribution is 6.05. The second-order valence-corrected chi connectivity index (χ2v) is 8.17. The molecule has 0 saturated heterocycles. The van der Waals surface area contributed by atoms with Gasteiger partial charge in [0.05, 0.1) is 5.39 Å². The summed E-state index contributed by atoms with van der Waals surface area (Å²) in [6.07, 6.45) is 5.21. The lowest BCUT2D eigenvalue weighted by atomic mass is 9.98. The highest BCUT2D eigenvalue weighted by Gasteiger charge is 2.22. The van der Waals surface area contributed by atoms with Crippen molar-refractivity contribution in [2.45, 2.75) is 13.8 Å². The lowest BCUT2D eigenvalue weighted by molar-refractivity contribution is 0.618. The predicted octanol–water partition coefficient (Wildman–Crippen LogP) is 6.69. The number of fused-ring (bicyclic) bond motifs is 1. The molecule has 0 atom stereocenters. The van der Waals surface area contributed by atoms with E-state index >= 15 is 0 Å². The van der Waals surface area contributed by atoms with Gasteiger partial charge in [0, 0.05) is 30.1 Å². The molecular formula is C27H24N4O. The maximum Gasteiger partial charge on any atom is 0.232 e. The molecule has 0 fully saturated rings. The van der Waals surface area contributed by atoms with Gasteiger partial charge in [-0.15, -0.1) is 0 Å². The van der Waals surface area contributed by atoms with E-state index in [0.29, 0.717) is 11.6 Å². The van der Waals surface area contributed by atoms with E-state index in [4.69, 9.17) is 4.42 Å². The molecule has 0 unspecified atom stereocenters. The van der Waals surface area contributed by atoms with Crippen LogP contribution >= 0.6 is 0 Å². The van der Waals surface area contributed by atoms with Crippen LogP contribution in [-0.4, -0.2) is 21.5 Å². The average Bonchev–Trinajstić information content (AvgIpc) is 3.24. The fourth-order valence-corrected chi connectivity index (χ4v) is 3.80. The summed E-state index contributed by atoms with van der Waals surface area (Å²) in [5, 5.41) is 4.38. The van der Waals surface area contributed by atoms with Gasteiger partial charge in [-0.2, -0.15) is 0 Å². The van der Waals surface area contributed by atoms with Crippen LogP contribution in [0.2, 0.25) is 0 Å². The van der Waals surface area contributed by atoms with Gasteiger partial charge in [0.2, 0.25) is 5.71 Å². The Hall–Kier alpha value is -3.99. The van der Waals surface area contributed by atoms with Crippen LogP contribution in [0.1, 0.15) is 13.8 Å². The molecule has 0 aliphatic rings. The van der Waals surface area contributed by atoms with Crippen LogP contribution in [-0.2, 0) is 0 Å². The van der Waals surface area contributed by atoms with E-state index in [9.17, 15) is 0 Å². The maximum atomic E-state index is 6.33. The zero-order valence-electron chi connectivity index (χ0n) is 18.1. The molecule has 1 N–H and O–H groups in total. The first-order valence-electron chi connectivity index (χ1n) is 10.8. The number of hydrogen-bond donors (Lipinski definition) is 1. The lowest BCUT2D eigenvalue weighted by Gasteiger charge is -2.10. The first-order chi connectivity index (χ1) is 15.7. The number of nitrogens with one attached hydrogen (secondary N) is 1. The minimum Gasteiger partial charge on any atom is -0.437 e. The molecule has 5 nitrogen and oxygen atoms in total. The van der Waals surface area contributed by atoms with Crippen LogP contribution in [0.3, 0.4) is 0 Å². The van der Waals surface area contributed by atoms with E-state index in [1.54, 1.807) is 12.5 Å². The third-order valence-corrected chi connectivity index (χ3v) is 5.37. The number of benzene rings is 2. The SMILES string of the molecule is CC(C)CNc1ncnc2oc(-c3ccc(-c4cccnc4)cc3)c(-c3ccccc3)c12. The summed E-state index contributed by atoms with van der Waals surface area (Å²) in [7, 11) is 0. The third kappa shape index (κ3) is 3.85. The summed E-state index contributed by atoms with van der Waals surface area (Å²) in [6, 6.07) is 22.6. The molecule has 5 rings (SSSR count). The fraction of sp³-hybridized carbons (Fsp3) is 0.148. The van der Waals surface area contributed by atoms with Crippen LogP contribution in [0.5, 0.6) is 0 Å². The summed E-state index contributed by atoms with van der Waals surface area (Å²) in [5.74, 6) is 2.08. The quantitative estimate of drug-likeness (QED) is 0.332. The highest BCUT2D eigenvalue weighted by atomic mass is 16.3. The van der Waals surface area contributed by atoms with Crippen molar-refractivity contribution in [1.29, 1.82) is 0 Å². The minimum atomic E-state index is 0.492. The smallest absolute Gasteiger partial charge is 0.232 e. The summed E-state index contributed by atoms with van der Waals surface area (Å²) in [4.78, 5) is 13.2. The Morgan fingerprint density at radius 2 is 1.56 bits per heavy atom. The maximum absolute atomic E-state index is 6.33. The minimum absolute atomic E-state index is 0.492. The lowest BCUT2D eigenvalue weighted by Crippen LogP contribution is -2.09. The number of rotatable bonds is 6. The number of pyridine rings is 1. The summed E-state index contributed by atoms with van der Waals surface area (Å²) in [5.41, 5.74) is 5.83. The van der Waals surface area contributed by atoms with Crippen molar-refractivity contribution < 1.29 is 4.42 Å². The number of hydrogen-bond acceptors (Lipinski definition) is 5. The molecule has 2 aromatic carbocycles. The monoisotopic (exact) mass is 420 g/mol. The summed E-state index contributed by atoms with van der Waals surface area (Å²) >= 11 is 0. The number of nitrogens with zero attached hydrogens (tertiary/aromatic N) is 3. The zero-order valence-corrected chi connectivity index (χ0v) is 18.1. The largest absolute Gasteiger partial charge is 0.437 e. The molecule has 0 spiro atoms. The van der Waals surface area contributed by atoms with E-state index in [1.165, 1.54) is 0 Å². The molecule has 3 aromatic heterocycles. The van der Waals surface area contributed by atoms with Crippen LogP contribution < -0.4 is 5.32 Å². The molecule has 32 heavy (non-hydrogen) atoms. The molecule has 0 aliphatic carbocycles. The second kappa shape index (κ2) is 8.63. The Labute approximate surface area is 187 Å². The van der Waals surface area contributed by atoms with Gasteiger partial charge < -0.3 is 9.73 Å². The van der Waals surface area contributed by atoms with Gasteiger partial charge >= 0.3 is 0 Å². The molecule has 5 heteroatoms. The Kier molecular flexibility index (Phi) is 5.38. The second-order valence-electron chi connectivity index (χ2n) is 8.17. The van der Waals surface area contributed by atoms with Gasteiger partial charge in [-0.05, 0) is 28.7 Å². The van der Waals surface area contributed by atoms with Crippen molar-refractivity contribution in [3.8, 4) is 33.6 Å². The van der Waals surface area contributed by atoms with Crippen molar-refractivity contribution in [2.24, 2.45) is 5.92 Å². The topological polar surface area (TPSA) is 63.8 Å². The van der Waals surface area contributed by atoms with Crippen molar-refractivity contribution in [3.05, 3.63) is 85.5 Å². The summed E-state index contributed by atoms with van der Waals surface area (Å²) < 4.78 is 6.33. The zero-order chi connectivity index (χ0) is 21.9. The molecule has 3 heterocycles. The van der Waals surface area contributed by atoms with Crippen molar-refractivity contribution in [2.75, 3.05) is 11.9 Å². The average molecular weight is 421 g/mol. The van der Waals surface area contributed by atoms with E-state index in [2.05, 4.69) is 76.6 Å². The Balaban J connectivity index is 1.67. The van der Waals surface area contributed by atoms with Gasteiger partial charge in [0.1, 0.15) is 17.9 Å². The standard InChI is InChI=1S/C27H24N4O/c1-18(2)15-29-26-24-23(20-7-4-3-5-8-20)25(32-27(24)31-17-30-26)21-12-10-19(11-13-21)22-9-6-14-28-16-22/h3-14,16-18H,15H2,1-2H3,(H,29,30,31). The van der Waals surface area contributed by atoms with Crippen LogP contribution in [0.15, 0.2) is 89.9 Å². The van der Waals surface area contributed by atoms with Crippen LogP contribution in [0.25, 0.3) is 44.7 Å². The fourth-order valence-electron chi connectivity index (χ4n) is 3.80. The molecule has 0 bridgehead atoms. The highest BCUT2D eigenvalue weighted by Crippen LogP contribution is 2.42. The third-order valence-electron chi connectivity index (χ3n) is 5.37. The number of furan rings is 1. The van der Waals surface area contributed by atoms with E-state index in [-0.39, 0.29) is 0 Å². The Morgan fingerprint density at radius 1 is 0.812 bits per heavy atom. The van der Waals surface area contributed by atoms with Gasteiger partial charge in [0.15, 0.2) is 0 Å². The van der Waals surface area contributed by atoms with Crippen LogP contribution in [0, 0.1) is 5.92 Å². The Bertz CT molecular complexity index is 1330. The first kappa shape index (κ1) is 19.9. The van der Waals surface area contributed by atoms with Crippen molar-refractivity contribution in [3.63, 3.8) is 0 Å². The van der Waals surface area contributed by atoms with Crippen molar-refractivity contribution >= 4 is 16.9 Å². The molecule has 0 radical (unpaired) electrons. The summed E-state index contributed by atoms with van der Waals surface area (Å²) in [6.45, 7) is 5.17. The number of aromatic nitrogens is 3. The Morgan fingerprint density at radius 3 is 2.28 bits per heavy atom. The molecular weight excluding hydrogens is 396 g/mol. The van der Waals surface area contributed by atoms with Gasteiger partial charge in [-0.25, -0.2) is 9.97 Å². The van der Waals surface area contributed by atoms with E-state index in [1.807, 2.05) is 30.5 Å². The predicted molar refractivity (Wildman–Crippen MR) is 129 cm³/mol. The molecule has 0 aliphatic heterocycles. The normalized spacial score (nSPS) is 11.2. The van der Waals surface area contributed by atoms with Gasteiger partial charge in [0.25, 0.3) is 0 Å². The number of anilines is 1. The molecule has 5 aromatic rings. The molecule has 0 amide bonds. The van der Waals surface area contributed by atoms with E-state index < -0.39 is 0 Å². The van der Waals surface area contributed by atoms with Crippen molar-refractivity contribution in [1.82, 2.24) is 15.0 Å². The molecule has 0 saturated carbocycles. The van der Waals surface area contributed by atoms with Gasteiger partial charge in [-0.3, -0.25) is 4.98 Å². The van der Waals surface area contributed by atoms with E-state index in [0.717, 1.165) is 51.3 Å². The first-order valence-corrected chi connectivity index (χ1v) is 10.8. The van der Waals surface area contributed by atoms with Crippen LogP contribution in [0.4, 0.5) is 5.82 Å². The van der Waals surface area contributed by atoms with Gasteiger partial charge in [-0.1, -0.05) is 74.5 Å².